The average Bonchev–Trinajstić information content (AvgIpc) is 3.41. The molecule has 4 aromatic carbocycles. The predicted octanol–water partition coefficient (Wildman–Crippen LogP) is 8.43. The van der Waals surface area contributed by atoms with Crippen LogP contribution in [0.15, 0.2) is 97.2 Å². The summed E-state index contributed by atoms with van der Waals surface area (Å²) < 4.78 is 34.1. The predicted molar refractivity (Wildman–Crippen MR) is 177 cm³/mol. The van der Waals surface area contributed by atoms with Crippen molar-refractivity contribution < 1.29 is 17.9 Å². The number of aromatic nitrogens is 2. The van der Waals surface area contributed by atoms with E-state index in [2.05, 4.69) is 4.72 Å². The Bertz CT molecular complexity index is 1890. The summed E-state index contributed by atoms with van der Waals surface area (Å²) in [5.74, 6) is 0.412. The molecule has 0 fully saturated rings. The van der Waals surface area contributed by atoms with Gasteiger partial charge in [-0.05, 0) is 92.1 Å². The summed E-state index contributed by atoms with van der Waals surface area (Å²) in [5.41, 5.74) is 6.29. The van der Waals surface area contributed by atoms with Gasteiger partial charge in [-0.1, -0.05) is 59.6 Å². The first-order valence-electron chi connectivity index (χ1n) is 14.1. The van der Waals surface area contributed by atoms with Gasteiger partial charge in [0.15, 0.2) is 0 Å². The van der Waals surface area contributed by atoms with Gasteiger partial charge in [-0.25, -0.2) is 18.2 Å². The van der Waals surface area contributed by atoms with E-state index in [0.717, 1.165) is 33.8 Å². The van der Waals surface area contributed by atoms with Gasteiger partial charge < -0.3 is 9.30 Å². The number of esters is 1. The maximum Gasteiger partial charge on any atom is 0.338 e. The number of nitrogens with one attached hydrogen (secondary N) is 1. The Hall–Kier alpha value is -4.11. The lowest BCUT2D eigenvalue weighted by Crippen LogP contribution is -2.22. The van der Waals surface area contributed by atoms with Crippen LogP contribution in [0.4, 0.5) is 5.69 Å². The molecule has 0 amide bonds. The van der Waals surface area contributed by atoms with Gasteiger partial charge in [0.1, 0.15) is 5.82 Å². The monoisotopic (exact) mass is 647 g/mol. The molecule has 1 heterocycles. The zero-order valence-corrected chi connectivity index (χ0v) is 26.7. The highest BCUT2D eigenvalue weighted by Gasteiger charge is 2.17. The van der Waals surface area contributed by atoms with Crippen LogP contribution in [-0.4, -0.2) is 35.8 Å². The first-order chi connectivity index (χ1) is 21.0. The topological polar surface area (TPSA) is 90.3 Å². The highest BCUT2D eigenvalue weighted by atomic mass is 35.5. The Kier molecular flexibility index (Phi) is 9.44. The van der Waals surface area contributed by atoms with Crippen molar-refractivity contribution in [1.82, 2.24) is 9.55 Å². The van der Waals surface area contributed by atoms with Crippen molar-refractivity contribution in [2.45, 2.75) is 32.4 Å². The van der Waals surface area contributed by atoms with Crippen molar-refractivity contribution >= 4 is 44.9 Å². The largest absolute Gasteiger partial charge is 0.462 e. The molecule has 0 saturated heterocycles. The Morgan fingerprint density at radius 3 is 2.14 bits per heavy atom. The van der Waals surface area contributed by atoms with Gasteiger partial charge in [0, 0.05) is 34.6 Å². The molecular formula is C34H31Cl2N3O4S. The molecule has 0 aliphatic carbocycles. The third-order valence-electron chi connectivity index (χ3n) is 7.06. The van der Waals surface area contributed by atoms with Crippen LogP contribution in [0.5, 0.6) is 0 Å². The molecule has 10 heteroatoms. The quantitative estimate of drug-likeness (QED) is 0.154. The first-order valence-corrected chi connectivity index (χ1v) is 16.4. The number of imidazole rings is 1. The SMILES string of the molecule is CCOC(=O)c1ccc(-n2cc(-c3ccc(Cl)cc3Cl)nc2Cc2ccc(-c3ccc(NS(=O)(=O)C(C)C)cc3)cc2)cc1. The average molecular weight is 649 g/mol. The van der Waals surface area contributed by atoms with Gasteiger partial charge in [0.05, 0.1) is 28.1 Å². The minimum Gasteiger partial charge on any atom is -0.462 e. The lowest BCUT2D eigenvalue weighted by molar-refractivity contribution is 0.0526. The van der Waals surface area contributed by atoms with Gasteiger partial charge in [-0.2, -0.15) is 0 Å². The minimum atomic E-state index is -3.41. The molecule has 226 valence electrons. The van der Waals surface area contributed by atoms with Crippen molar-refractivity contribution in [1.29, 1.82) is 0 Å². The van der Waals surface area contributed by atoms with Crippen molar-refractivity contribution in [2.24, 2.45) is 0 Å². The Morgan fingerprint density at radius 1 is 0.909 bits per heavy atom. The number of carbonyl (C=O) groups excluding carboxylic acids is 1. The molecule has 0 spiro atoms. The van der Waals surface area contributed by atoms with E-state index >= 15 is 0 Å². The van der Waals surface area contributed by atoms with Gasteiger partial charge in [-0.15, -0.1) is 0 Å². The molecule has 0 bridgehead atoms. The number of hydrogen-bond acceptors (Lipinski definition) is 5. The Labute approximate surface area is 267 Å². The molecule has 0 aliphatic rings. The number of benzene rings is 4. The summed E-state index contributed by atoms with van der Waals surface area (Å²) in [4.78, 5) is 17.1. The minimum absolute atomic E-state index is 0.307. The maximum absolute atomic E-state index is 12.2. The molecule has 44 heavy (non-hydrogen) atoms. The molecule has 0 saturated carbocycles. The van der Waals surface area contributed by atoms with Gasteiger partial charge >= 0.3 is 5.97 Å². The Morgan fingerprint density at radius 2 is 1.55 bits per heavy atom. The summed E-state index contributed by atoms with van der Waals surface area (Å²) in [6, 6.07) is 28.0. The third-order valence-corrected chi connectivity index (χ3v) is 9.37. The molecule has 1 N–H and O–H groups in total. The second kappa shape index (κ2) is 13.3. The number of sulfonamides is 1. The van der Waals surface area contributed by atoms with Crippen LogP contribution in [0.3, 0.4) is 0 Å². The van der Waals surface area contributed by atoms with E-state index in [0.29, 0.717) is 40.0 Å². The molecule has 0 radical (unpaired) electrons. The van der Waals surface area contributed by atoms with Crippen LogP contribution in [0.25, 0.3) is 28.1 Å². The number of rotatable bonds is 10. The fraction of sp³-hybridized carbons (Fsp3) is 0.176. The van der Waals surface area contributed by atoms with E-state index in [9.17, 15) is 13.2 Å². The number of anilines is 1. The second-order valence-electron chi connectivity index (χ2n) is 10.5. The maximum atomic E-state index is 12.2. The second-order valence-corrected chi connectivity index (χ2v) is 13.5. The smallest absolute Gasteiger partial charge is 0.338 e. The van der Waals surface area contributed by atoms with E-state index in [1.54, 1.807) is 57.2 Å². The summed E-state index contributed by atoms with van der Waals surface area (Å²) in [6.45, 7) is 5.36. The van der Waals surface area contributed by atoms with Crippen LogP contribution in [0.1, 0.15) is 42.5 Å². The normalized spacial score (nSPS) is 11.5. The lowest BCUT2D eigenvalue weighted by Gasteiger charge is -2.11. The third kappa shape index (κ3) is 7.16. The molecule has 1 aromatic heterocycles. The van der Waals surface area contributed by atoms with Crippen molar-refractivity contribution in [3.05, 3.63) is 124 Å². The molecule has 7 nitrogen and oxygen atoms in total. The van der Waals surface area contributed by atoms with Crippen molar-refractivity contribution in [3.63, 3.8) is 0 Å². The number of ether oxygens (including phenoxy) is 1. The molecule has 0 aliphatic heterocycles. The number of carbonyl (C=O) groups is 1. The fourth-order valence-corrected chi connectivity index (χ4v) is 5.78. The molecule has 5 aromatic rings. The summed E-state index contributed by atoms with van der Waals surface area (Å²) in [7, 11) is -3.41. The lowest BCUT2D eigenvalue weighted by atomic mass is 10.0. The van der Waals surface area contributed by atoms with Gasteiger partial charge in [0.25, 0.3) is 0 Å². The van der Waals surface area contributed by atoms with E-state index in [1.165, 1.54) is 0 Å². The summed E-state index contributed by atoms with van der Waals surface area (Å²) in [5, 5.41) is 0.520. The number of hydrogen-bond donors (Lipinski definition) is 1. The van der Waals surface area contributed by atoms with E-state index < -0.39 is 15.3 Å². The van der Waals surface area contributed by atoms with Crippen molar-refractivity contribution in [2.75, 3.05) is 11.3 Å². The number of nitrogens with zero attached hydrogens (tertiary/aromatic N) is 2. The van der Waals surface area contributed by atoms with Crippen LogP contribution in [0, 0.1) is 0 Å². The summed E-state index contributed by atoms with van der Waals surface area (Å²) >= 11 is 12.7. The highest BCUT2D eigenvalue weighted by molar-refractivity contribution is 7.93. The van der Waals surface area contributed by atoms with Gasteiger partial charge in [-0.3, -0.25) is 4.72 Å². The molecule has 0 unspecified atom stereocenters. The van der Waals surface area contributed by atoms with Crippen LogP contribution in [0.2, 0.25) is 10.0 Å². The fourth-order valence-electron chi connectivity index (χ4n) is 4.58. The van der Waals surface area contributed by atoms with E-state index in [-0.39, 0.29) is 5.97 Å². The highest BCUT2D eigenvalue weighted by Crippen LogP contribution is 2.32. The molecular weight excluding hydrogens is 617 g/mol. The zero-order chi connectivity index (χ0) is 31.4. The Balaban J connectivity index is 1.42. The van der Waals surface area contributed by atoms with Crippen LogP contribution < -0.4 is 4.72 Å². The van der Waals surface area contributed by atoms with Crippen molar-refractivity contribution in [3.8, 4) is 28.1 Å². The summed E-state index contributed by atoms with van der Waals surface area (Å²) in [6.07, 6.45) is 2.45. The zero-order valence-electron chi connectivity index (χ0n) is 24.4. The van der Waals surface area contributed by atoms with E-state index in [1.807, 2.05) is 65.4 Å². The standard InChI is InChI=1S/C34H31Cl2N3O4S/c1-4-43-34(40)26-11-16-29(17-12-26)39-21-32(30-18-13-27(35)20-31(30)36)37-33(39)19-23-5-7-24(8-6-23)25-9-14-28(15-10-25)38-44(41,42)22(2)3/h5-18,20-22,38H,4,19H2,1-3H3. The van der Waals surface area contributed by atoms with Crippen LogP contribution in [-0.2, 0) is 21.2 Å². The van der Waals surface area contributed by atoms with Gasteiger partial charge in [0.2, 0.25) is 10.0 Å². The van der Waals surface area contributed by atoms with Crippen LogP contribution >= 0.6 is 23.2 Å². The van der Waals surface area contributed by atoms with E-state index in [4.69, 9.17) is 32.9 Å². The number of halogens is 2. The molecule has 5 rings (SSSR count). The first kappa shape index (κ1) is 31.3. The molecule has 0 atom stereocenters.